The quantitative estimate of drug-likeness (QED) is 0.944. The minimum Gasteiger partial charge on any atom is -0.478 e. The van der Waals surface area contributed by atoms with Crippen LogP contribution in [0.15, 0.2) is 51.2 Å². The minimum atomic E-state index is -0.988. The van der Waals surface area contributed by atoms with Crippen molar-refractivity contribution in [1.29, 1.82) is 0 Å². The zero-order valence-electron chi connectivity index (χ0n) is 8.50. The first-order chi connectivity index (χ1) is 8.16. The Kier molecular flexibility index (Phi) is 3.75. The fourth-order valence-corrected chi connectivity index (χ4v) is 2.25. The molecule has 2 aromatic heterocycles. The summed E-state index contributed by atoms with van der Waals surface area (Å²) in [5.74, 6) is -0.988. The van der Waals surface area contributed by atoms with Gasteiger partial charge in [-0.3, -0.25) is 4.98 Å². The highest BCUT2D eigenvalue weighted by Crippen LogP contribution is 2.28. The van der Waals surface area contributed by atoms with Crippen LogP contribution in [0, 0.1) is 0 Å². The van der Waals surface area contributed by atoms with E-state index in [-0.39, 0.29) is 5.56 Å². The summed E-state index contributed by atoms with van der Waals surface area (Å²) in [7, 11) is 0. The van der Waals surface area contributed by atoms with Crippen LogP contribution in [0.25, 0.3) is 0 Å². The van der Waals surface area contributed by atoms with Gasteiger partial charge >= 0.3 is 5.97 Å². The van der Waals surface area contributed by atoms with Crippen molar-refractivity contribution in [1.82, 2.24) is 9.97 Å². The molecule has 0 aliphatic carbocycles. The second-order valence-corrected chi connectivity index (χ2v) is 5.07. The monoisotopic (exact) mass is 310 g/mol. The molecular weight excluding hydrogens is 304 g/mol. The molecule has 17 heavy (non-hydrogen) atoms. The Hall–Kier alpha value is -1.40. The van der Waals surface area contributed by atoms with Gasteiger partial charge in [0.2, 0.25) is 0 Å². The van der Waals surface area contributed by atoms with Crippen LogP contribution in [0.4, 0.5) is 0 Å². The van der Waals surface area contributed by atoms with E-state index < -0.39 is 5.97 Å². The molecule has 4 nitrogen and oxygen atoms in total. The highest BCUT2D eigenvalue weighted by molar-refractivity contribution is 9.10. The summed E-state index contributed by atoms with van der Waals surface area (Å²) in [6.07, 6.45) is 4.57. The second kappa shape index (κ2) is 5.29. The molecule has 0 spiro atoms. The Labute approximate surface area is 110 Å². The summed E-state index contributed by atoms with van der Waals surface area (Å²) in [6, 6.07) is 5.34. The summed E-state index contributed by atoms with van der Waals surface area (Å²) in [4.78, 5) is 19.6. The number of aromatic nitrogens is 2. The normalized spacial score (nSPS) is 10.2. The maximum atomic E-state index is 11.0. The summed E-state index contributed by atoms with van der Waals surface area (Å²) >= 11 is 4.59. The zero-order chi connectivity index (χ0) is 12.3. The molecule has 86 valence electrons. The van der Waals surface area contributed by atoms with Gasteiger partial charge in [0.25, 0.3) is 0 Å². The van der Waals surface area contributed by atoms with Crippen LogP contribution in [-0.2, 0) is 0 Å². The summed E-state index contributed by atoms with van der Waals surface area (Å²) in [6.45, 7) is 0. The van der Waals surface area contributed by atoms with Gasteiger partial charge in [0, 0.05) is 28.0 Å². The molecular formula is C11H7BrN2O2S. The predicted octanol–water partition coefficient (Wildman–Crippen LogP) is 3.09. The molecule has 0 aliphatic heterocycles. The molecule has 2 aromatic rings. The number of carboxylic acids is 1. The summed E-state index contributed by atoms with van der Waals surface area (Å²) < 4.78 is 0.884. The summed E-state index contributed by atoms with van der Waals surface area (Å²) in [5, 5.41) is 9.74. The van der Waals surface area contributed by atoms with E-state index >= 15 is 0 Å². The number of halogens is 1. The lowest BCUT2D eigenvalue weighted by Crippen LogP contribution is -1.99. The number of hydrogen-bond donors (Lipinski definition) is 1. The molecule has 0 unspecified atom stereocenters. The van der Waals surface area contributed by atoms with E-state index in [1.807, 2.05) is 12.1 Å². The molecule has 1 N–H and O–H groups in total. The van der Waals surface area contributed by atoms with Crippen molar-refractivity contribution in [3.63, 3.8) is 0 Å². The van der Waals surface area contributed by atoms with Crippen LogP contribution < -0.4 is 0 Å². The third-order valence-corrected chi connectivity index (χ3v) is 3.42. The molecule has 0 radical (unpaired) electrons. The molecule has 0 aromatic carbocycles. The highest BCUT2D eigenvalue weighted by Gasteiger charge is 2.11. The average molecular weight is 311 g/mol. The molecule has 0 bridgehead atoms. The third-order valence-electron chi connectivity index (χ3n) is 1.93. The van der Waals surface area contributed by atoms with Gasteiger partial charge in [-0.2, -0.15) is 0 Å². The SMILES string of the molecule is O=C(O)c1cnccc1Sc1ccc(Br)cn1. The van der Waals surface area contributed by atoms with Crippen molar-refractivity contribution in [3.8, 4) is 0 Å². The Morgan fingerprint density at radius 1 is 1.29 bits per heavy atom. The van der Waals surface area contributed by atoms with Gasteiger partial charge in [0.1, 0.15) is 5.03 Å². The Morgan fingerprint density at radius 2 is 2.12 bits per heavy atom. The lowest BCUT2D eigenvalue weighted by Gasteiger charge is -2.04. The minimum absolute atomic E-state index is 0.183. The molecule has 0 amide bonds. The molecule has 6 heteroatoms. The van der Waals surface area contributed by atoms with Crippen LogP contribution in [0.3, 0.4) is 0 Å². The van der Waals surface area contributed by atoms with Crippen molar-refractivity contribution >= 4 is 33.7 Å². The smallest absolute Gasteiger partial charge is 0.338 e. The van der Waals surface area contributed by atoms with Gasteiger partial charge in [0.15, 0.2) is 0 Å². The van der Waals surface area contributed by atoms with Crippen molar-refractivity contribution in [2.24, 2.45) is 0 Å². The first-order valence-electron chi connectivity index (χ1n) is 4.63. The lowest BCUT2D eigenvalue weighted by molar-refractivity contribution is 0.0692. The Morgan fingerprint density at radius 3 is 2.76 bits per heavy atom. The number of nitrogens with zero attached hydrogens (tertiary/aromatic N) is 2. The average Bonchev–Trinajstić information content (AvgIpc) is 2.32. The molecule has 2 rings (SSSR count). The molecule has 2 heterocycles. The predicted molar refractivity (Wildman–Crippen MR) is 67.3 cm³/mol. The van der Waals surface area contributed by atoms with Crippen LogP contribution in [0.1, 0.15) is 10.4 Å². The van der Waals surface area contributed by atoms with Crippen molar-refractivity contribution < 1.29 is 9.90 Å². The maximum Gasteiger partial charge on any atom is 0.338 e. The van der Waals surface area contributed by atoms with Gasteiger partial charge in [0.05, 0.1) is 5.56 Å². The Balaban J connectivity index is 2.30. The number of hydrogen-bond acceptors (Lipinski definition) is 4. The van der Waals surface area contributed by atoms with E-state index in [1.165, 1.54) is 18.0 Å². The number of pyridine rings is 2. The molecule has 0 aliphatic rings. The second-order valence-electron chi connectivity index (χ2n) is 3.09. The fourth-order valence-electron chi connectivity index (χ4n) is 1.17. The van der Waals surface area contributed by atoms with Crippen molar-refractivity contribution in [3.05, 3.63) is 46.8 Å². The number of aromatic carboxylic acids is 1. The largest absolute Gasteiger partial charge is 0.478 e. The number of carboxylic acid groups (broad SMARTS) is 1. The van der Waals surface area contributed by atoms with E-state index in [9.17, 15) is 4.79 Å². The zero-order valence-corrected chi connectivity index (χ0v) is 10.9. The maximum absolute atomic E-state index is 11.0. The van der Waals surface area contributed by atoms with Crippen LogP contribution >= 0.6 is 27.7 Å². The van der Waals surface area contributed by atoms with Crippen LogP contribution in [0.5, 0.6) is 0 Å². The van der Waals surface area contributed by atoms with E-state index in [0.717, 1.165) is 9.50 Å². The van der Waals surface area contributed by atoms with Gasteiger partial charge in [-0.25, -0.2) is 9.78 Å². The van der Waals surface area contributed by atoms with Gasteiger partial charge in [-0.15, -0.1) is 0 Å². The molecule has 0 saturated carbocycles. The van der Waals surface area contributed by atoms with E-state index in [1.54, 1.807) is 18.5 Å². The molecule has 0 atom stereocenters. The van der Waals surface area contributed by atoms with Crippen LogP contribution in [-0.4, -0.2) is 21.0 Å². The number of carbonyl (C=O) groups is 1. The Bertz CT molecular complexity index is 545. The fraction of sp³-hybridized carbons (Fsp3) is 0. The summed E-state index contributed by atoms with van der Waals surface area (Å²) in [5.41, 5.74) is 0.183. The van der Waals surface area contributed by atoms with E-state index in [2.05, 4.69) is 25.9 Å². The van der Waals surface area contributed by atoms with Gasteiger partial charge in [-0.05, 0) is 34.1 Å². The van der Waals surface area contributed by atoms with Gasteiger partial charge in [-0.1, -0.05) is 11.8 Å². The first-order valence-corrected chi connectivity index (χ1v) is 6.24. The molecule has 0 saturated heterocycles. The van der Waals surface area contributed by atoms with Gasteiger partial charge < -0.3 is 5.11 Å². The van der Waals surface area contributed by atoms with Crippen molar-refractivity contribution in [2.45, 2.75) is 9.92 Å². The molecule has 0 fully saturated rings. The van der Waals surface area contributed by atoms with Crippen molar-refractivity contribution in [2.75, 3.05) is 0 Å². The highest BCUT2D eigenvalue weighted by atomic mass is 79.9. The third kappa shape index (κ3) is 3.04. The first kappa shape index (κ1) is 12.1. The number of rotatable bonds is 3. The van der Waals surface area contributed by atoms with Crippen LogP contribution in [0.2, 0.25) is 0 Å². The topological polar surface area (TPSA) is 63.1 Å². The van der Waals surface area contributed by atoms with E-state index in [0.29, 0.717) is 4.90 Å². The standard InChI is InChI=1S/C11H7BrN2O2S/c12-7-1-2-10(14-5-7)17-9-3-4-13-6-8(9)11(15)16/h1-6H,(H,15,16). The van der Waals surface area contributed by atoms with E-state index in [4.69, 9.17) is 5.11 Å². The lowest BCUT2D eigenvalue weighted by atomic mass is 10.3.